The molecule has 98 valence electrons. The maximum absolute atomic E-state index is 11.2. The van der Waals surface area contributed by atoms with Crippen LogP contribution in [0.1, 0.15) is 22.8 Å². The van der Waals surface area contributed by atoms with Crippen molar-refractivity contribution >= 4 is 28.9 Å². The number of rotatable bonds is 4. The number of halogens is 1. The van der Waals surface area contributed by atoms with Gasteiger partial charge in [0.05, 0.1) is 11.3 Å². The third-order valence-electron chi connectivity index (χ3n) is 2.85. The van der Waals surface area contributed by atoms with Crippen LogP contribution in [-0.4, -0.2) is 11.1 Å². The van der Waals surface area contributed by atoms with Gasteiger partial charge in [0, 0.05) is 10.7 Å². The number of carbonyl (C=O) groups is 1. The molecule has 0 spiro atoms. The Kier molecular flexibility index (Phi) is 4.07. The minimum Gasteiger partial charge on any atom is -0.478 e. The summed E-state index contributed by atoms with van der Waals surface area (Å²) in [6.45, 7) is 2.09. The van der Waals surface area contributed by atoms with Crippen molar-refractivity contribution in [1.82, 2.24) is 0 Å². The number of hydrogen-bond acceptors (Lipinski definition) is 2. The van der Waals surface area contributed by atoms with Crippen molar-refractivity contribution in [2.45, 2.75) is 13.3 Å². The van der Waals surface area contributed by atoms with Gasteiger partial charge in [0.1, 0.15) is 0 Å². The molecular weight excluding hydrogens is 262 g/mol. The van der Waals surface area contributed by atoms with Crippen LogP contribution in [-0.2, 0) is 6.42 Å². The highest BCUT2D eigenvalue weighted by Gasteiger charge is 2.10. The summed E-state index contributed by atoms with van der Waals surface area (Å²) in [5, 5.41) is 12.7. The molecule has 0 aliphatic carbocycles. The average molecular weight is 276 g/mol. The van der Waals surface area contributed by atoms with E-state index in [0.29, 0.717) is 10.7 Å². The van der Waals surface area contributed by atoms with Crippen molar-refractivity contribution in [3.8, 4) is 0 Å². The molecule has 4 heteroatoms. The van der Waals surface area contributed by atoms with Crippen molar-refractivity contribution in [2.75, 3.05) is 5.32 Å². The normalized spacial score (nSPS) is 10.2. The van der Waals surface area contributed by atoms with Gasteiger partial charge in [0.15, 0.2) is 0 Å². The molecule has 2 rings (SSSR count). The Morgan fingerprint density at radius 1 is 1.21 bits per heavy atom. The smallest absolute Gasteiger partial charge is 0.337 e. The minimum absolute atomic E-state index is 0.159. The molecule has 0 unspecified atom stereocenters. The second kappa shape index (κ2) is 5.76. The average Bonchev–Trinajstić information content (AvgIpc) is 2.41. The van der Waals surface area contributed by atoms with Gasteiger partial charge < -0.3 is 10.4 Å². The van der Waals surface area contributed by atoms with Crippen LogP contribution in [0.2, 0.25) is 5.02 Å². The summed E-state index contributed by atoms with van der Waals surface area (Å²) in [7, 11) is 0. The molecule has 2 aromatic carbocycles. The predicted octanol–water partition coefficient (Wildman–Crippen LogP) is 4.34. The Hall–Kier alpha value is -2.00. The number of carboxylic acids is 1. The Balaban J connectivity index is 2.29. The van der Waals surface area contributed by atoms with Crippen LogP contribution in [0.4, 0.5) is 11.4 Å². The fourth-order valence-electron chi connectivity index (χ4n) is 1.78. The van der Waals surface area contributed by atoms with E-state index >= 15 is 0 Å². The molecule has 0 fully saturated rings. The van der Waals surface area contributed by atoms with E-state index in [1.165, 1.54) is 11.6 Å². The fourth-order valence-corrected chi connectivity index (χ4v) is 1.95. The summed E-state index contributed by atoms with van der Waals surface area (Å²) in [6.07, 6.45) is 0.974. The summed E-state index contributed by atoms with van der Waals surface area (Å²) in [4.78, 5) is 11.2. The van der Waals surface area contributed by atoms with E-state index in [2.05, 4.69) is 12.2 Å². The lowest BCUT2D eigenvalue weighted by Gasteiger charge is -2.10. The van der Waals surface area contributed by atoms with Gasteiger partial charge in [-0.3, -0.25) is 0 Å². The molecule has 0 radical (unpaired) electrons. The first kappa shape index (κ1) is 13.4. The molecule has 2 N–H and O–H groups in total. The molecule has 0 saturated carbocycles. The van der Waals surface area contributed by atoms with Gasteiger partial charge in [-0.25, -0.2) is 4.79 Å². The summed E-state index contributed by atoms with van der Waals surface area (Å²) in [5.74, 6) is -1.00. The van der Waals surface area contributed by atoms with Gasteiger partial charge in [-0.2, -0.15) is 0 Å². The first-order valence-corrected chi connectivity index (χ1v) is 6.36. The van der Waals surface area contributed by atoms with E-state index in [1.54, 1.807) is 12.1 Å². The van der Waals surface area contributed by atoms with E-state index in [1.807, 2.05) is 24.3 Å². The van der Waals surface area contributed by atoms with Crippen LogP contribution in [0.5, 0.6) is 0 Å². The van der Waals surface area contributed by atoms with Gasteiger partial charge in [0.25, 0.3) is 0 Å². The zero-order valence-corrected chi connectivity index (χ0v) is 11.2. The van der Waals surface area contributed by atoms with Gasteiger partial charge in [0.2, 0.25) is 0 Å². The number of aryl methyl sites for hydroxylation is 1. The summed E-state index contributed by atoms with van der Waals surface area (Å²) in [5.41, 5.74) is 2.77. The van der Waals surface area contributed by atoms with E-state index < -0.39 is 5.97 Å². The van der Waals surface area contributed by atoms with Gasteiger partial charge in [-0.05, 0) is 42.3 Å². The Morgan fingerprint density at radius 2 is 1.89 bits per heavy atom. The standard InChI is InChI=1S/C15H14ClNO2/c1-2-10-3-6-12(7-4-10)17-14-8-5-11(16)9-13(14)15(18)19/h3-9,17H,2H2,1H3,(H,18,19). The second-order valence-electron chi connectivity index (χ2n) is 4.17. The molecule has 0 aliphatic heterocycles. The lowest BCUT2D eigenvalue weighted by atomic mass is 10.1. The van der Waals surface area contributed by atoms with E-state index in [4.69, 9.17) is 16.7 Å². The van der Waals surface area contributed by atoms with Crippen molar-refractivity contribution in [1.29, 1.82) is 0 Å². The number of benzene rings is 2. The second-order valence-corrected chi connectivity index (χ2v) is 4.61. The Morgan fingerprint density at radius 3 is 2.47 bits per heavy atom. The quantitative estimate of drug-likeness (QED) is 0.872. The molecule has 0 saturated heterocycles. The van der Waals surface area contributed by atoms with Gasteiger partial charge in [-0.15, -0.1) is 0 Å². The van der Waals surface area contributed by atoms with E-state index in [9.17, 15) is 4.79 Å². The largest absolute Gasteiger partial charge is 0.478 e. The third-order valence-corrected chi connectivity index (χ3v) is 3.09. The number of aromatic carboxylic acids is 1. The monoisotopic (exact) mass is 275 g/mol. The summed E-state index contributed by atoms with van der Waals surface area (Å²) >= 11 is 5.81. The highest BCUT2D eigenvalue weighted by atomic mass is 35.5. The van der Waals surface area contributed by atoms with E-state index in [-0.39, 0.29) is 5.56 Å². The highest BCUT2D eigenvalue weighted by molar-refractivity contribution is 6.31. The fraction of sp³-hybridized carbons (Fsp3) is 0.133. The first-order chi connectivity index (χ1) is 9.10. The van der Waals surface area contributed by atoms with E-state index in [0.717, 1.165) is 12.1 Å². The number of nitrogens with one attached hydrogen (secondary N) is 1. The molecule has 0 bridgehead atoms. The first-order valence-electron chi connectivity index (χ1n) is 5.99. The zero-order chi connectivity index (χ0) is 13.8. The van der Waals surface area contributed by atoms with Crippen molar-refractivity contribution in [2.24, 2.45) is 0 Å². The molecule has 0 aliphatic rings. The lowest BCUT2D eigenvalue weighted by Crippen LogP contribution is -2.02. The van der Waals surface area contributed by atoms with Crippen LogP contribution in [0.3, 0.4) is 0 Å². The van der Waals surface area contributed by atoms with Crippen LogP contribution in [0.25, 0.3) is 0 Å². The zero-order valence-electron chi connectivity index (χ0n) is 10.5. The maximum Gasteiger partial charge on any atom is 0.337 e. The Labute approximate surface area is 116 Å². The SMILES string of the molecule is CCc1ccc(Nc2ccc(Cl)cc2C(=O)O)cc1. The van der Waals surface area contributed by atoms with Gasteiger partial charge >= 0.3 is 5.97 Å². The molecule has 3 nitrogen and oxygen atoms in total. The lowest BCUT2D eigenvalue weighted by molar-refractivity contribution is 0.0698. The molecule has 19 heavy (non-hydrogen) atoms. The van der Waals surface area contributed by atoms with Crippen molar-refractivity contribution in [3.63, 3.8) is 0 Å². The molecule has 0 amide bonds. The molecule has 0 heterocycles. The van der Waals surface area contributed by atoms with Crippen LogP contribution < -0.4 is 5.32 Å². The highest BCUT2D eigenvalue weighted by Crippen LogP contribution is 2.24. The number of anilines is 2. The molecule has 2 aromatic rings. The molecule has 0 aromatic heterocycles. The topological polar surface area (TPSA) is 49.3 Å². The molecule has 0 atom stereocenters. The minimum atomic E-state index is -1.00. The summed E-state index contributed by atoms with van der Waals surface area (Å²) < 4.78 is 0. The number of carboxylic acid groups (broad SMARTS) is 1. The van der Waals surface area contributed by atoms with Crippen molar-refractivity contribution < 1.29 is 9.90 Å². The predicted molar refractivity (Wildman–Crippen MR) is 77.5 cm³/mol. The Bertz CT molecular complexity index is 594. The number of hydrogen-bond donors (Lipinski definition) is 2. The van der Waals surface area contributed by atoms with Crippen LogP contribution in [0, 0.1) is 0 Å². The van der Waals surface area contributed by atoms with Gasteiger partial charge in [-0.1, -0.05) is 30.7 Å². The maximum atomic E-state index is 11.2. The van der Waals surface area contributed by atoms with Crippen LogP contribution in [0.15, 0.2) is 42.5 Å². The third kappa shape index (κ3) is 3.26. The summed E-state index contributed by atoms with van der Waals surface area (Å²) in [6, 6.07) is 12.7. The van der Waals surface area contributed by atoms with Crippen LogP contribution >= 0.6 is 11.6 Å². The van der Waals surface area contributed by atoms with Crippen molar-refractivity contribution in [3.05, 3.63) is 58.6 Å². The molecular formula is C15H14ClNO2.